The first-order chi connectivity index (χ1) is 10.2. The lowest BCUT2D eigenvalue weighted by Gasteiger charge is -2.03. The van der Waals surface area contributed by atoms with Crippen molar-refractivity contribution in [3.8, 4) is 0 Å². The highest BCUT2D eigenvalue weighted by molar-refractivity contribution is 5.83. The number of nitrogens with zero attached hydrogens (tertiary/aromatic N) is 4. The fourth-order valence-electron chi connectivity index (χ4n) is 2.22. The third-order valence-corrected chi connectivity index (χ3v) is 3.45. The number of hydrazone groups is 1. The van der Waals surface area contributed by atoms with E-state index < -0.39 is 0 Å². The molecule has 2 aromatic heterocycles. The molecular formula is C16H23N5. The van der Waals surface area contributed by atoms with E-state index in [1.165, 1.54) is 19.3 Å². The van der Waals surface area contributed by atoms with Crippen LogP contribution in [-0.4, -0.2) is 21.0 Å². The topological polar surface area (TPSA) is 55.1 Å². The van der Waals surface area contributed by atoms with Crippen molar-refractivity contribution in [2.24, 2.45) is 5.10 Å². The zero-order valence-corrected chi connectivity index (χ0v) is 13.0. The third-order valence-electron chi connectivity index (χ3n) is 3.45. The summed E-state index contributed by atoms with van der Waals surface area (Å²) in [5.74, 6) is 0.736. The van der Waals surface area contributed by atoms with Crippen LogP contribution in [-0.2, 0) is 6.54 Å². The van der Waals surface area contributed by atoms with Crippen molar-refractivity contribution in [3.05, 3.63) is 41.3 Å². The molecule has 0 saturated heterocycles. The highest BCUT2D eigenvalue weighted by Gasteiger charge is 2.09. The molecule has 5 heteroatoms. The molecule has 2 heterocycles. The van der Waals surface area contributed by atoms with Gasteiger partial charge in [0.1, 0.15) is 5.82 Å². The van der Waals surface area contributed by atoms with Crippen LogP contribution in [0.15, 0.2) is 29.5 Å². The molecule has 0 aliphatic heterocycles. The van der Waals surface area contributed by atoms with Crippen molar-refractivity contribution in [2.75, 3.05) is 5.43 Å². The fourth-order valence-corrected chi connectivity index (χ4v) is 2.22. The van der Waals surface area contributed by atoms with Gasteiger partial charge in [-0.05, 0) is 32.4 Å². The maximum Gasteiger partial charge on any atom is 0.146 e. The maximum atomic E-state index is 4.59. The van der Waals surface area contributed by atoms with Gasteiger partial charge in [0, 0.05) is 24.0 Å². The first-order valence-electron chi connectivity index (χ1n) is 7.46. The molecule has 0 spiro atoms. The van der Waals surface area contributed by atoms with Crippen LogP contribution >= 0.6 is 0 Å². The second-order valence-corrected chi connectivity index (χ2v) is 5.10. The van der Waals surface area contributed by atoms with Gasteiger partial charge in [-0.1, -0.05) is 25.8 Å². The highest BCUT2D eigenvalue weighted by Crippen LogP contribution is 2.12. The number of nitrogens with one attached hydrogen (secondary N) is 1. The van der Waals surface area contributed by atoms with Gasteiger partial charge in [0.15, 0.2) is 0 Å². The van der Waals surface area contributed by atoms with Crippen LogP contribution in [0.5, 0.6) is 0 Å². The molecule has 0 radical (unpaired) electrons. The van der Waals surface area contributed by atoms with E-state index in [-0.39, 0.29) is 0 Å². The predicted molar refractivity (Wildman–Crippen MR) is 86.7 cm³/mol. The molecule has 0 unspecified atom stereocenters. The van der Waals surface area contributed by atoms with Gasteiger partial charge in [0.2, 0.25) is 0 Å². The van der Waals surface area contributed by atoms with E-state index in [0.29, 0.717) is 0 Å². The van der Waals surface area contributed by atoms with Crippen LogP contribution in [0.1, 0.15) is 43.1 Å². The van der Waals surface area contributed by atoms with Gasteiger partial charge in [-0.25, -0.2) is 4.98 Å². The Balaban J connectivity index is 2.02. The molecule has 0 saturated carbocycles. The van der Waals surface area contributed by atoms with E-state index in [4.69, 9.17) is 0 Å². The van der Waals surface area contributed by atoms with Crippen molar-refractivity contribution in [2.45, 2.75) is 46.6 Å². The van der Waals surface area contributed by atoms with Crippen LogP contribution in [0.3, 0.4) is 0 Å². The zero-order chi connectivity index (χ0) is 15.1. The van der Waals surface area contributed by atoms with Crippen LogP contribution < -0.4 is 5.43 Å². The lowest BCUT2D eigenvalue weighted by Crippen LogP contribution is -2.03. The van der Waals surface area contributed by atoms with E-state index in [0.717, 1.165) is 29.3 Å². The van der Waals surface area contributed by atoms with E-state index in [1.807, 2.05) is 31.3 Å². The SMILES string of the molecule is CCCCCn1nc(C)c(/C=N/Nc2ccccn2)c1C. The Hall–Kier alpha value is -2.17. The average molecular weight is 285 g/mol. The minimum atomic E-state index is 0.736. The van der Waals surface area contributed by atoms with Gasteiger partial charge in [-0.2, -0.15) is 10.2 Å². The first kappa shape index (κ1) is 15.2. The van der Waals surface area contributed by atoms with Gasteiger partial charge in [-0.3, -0.25) is 10.1 Å². The zero-order valence-electron chi connectivity index (χ0n) is 13.0. The summed E-state index contributed by atoms with van der Waals surface area (Å²) < 4.78 is 2.08. The first-order valence-corrected chi connectivity index (χ1v) is 7.46. The molecule has 2 rings (SSSR count). The summed E-state index contributed by atoms with van der Waals surface area (Å²) in [5.41, 5.74) is 6.18. The number of hydrogen-bond donors (Lipinski definition) is 1. The van der Waals surface area contributed by atoms with Crippen LogP contribution in [0.2, 0.25) is 0 Å². The van der Waals surface area contributed by atoms with Crippen LogP contribution in [0, 0.1) is 13.8 Å². The number of anilines is 1. The summed E-state index contributed by atoms with van der Waals surface area (Å²) in [6, 6.07) is 5.68. The van der Waals surface area contributed by atoms with Crippen molar-refractivity contribution < 1.29 is 0 Å². The number of unbranched alkanes of at least 4 members (excludes halogenated alkanes) is 2. The monoisotopic (exact) mass is 285 g/mol. The Labute approximate surface area is 126 Å². The number of rotatable bonds is 7. The van der Waals surface area contributed by atoms with Crippen molar-refractivity contribution in [3.63, 3.8) is 0 Å². The second kappa shape index (κ2) is 7.57. The van der Waals surface area contributed by atoms with E-state index in [9.17, 15) is 0 Å². The van der Waals surface area contributed by atoms with E-state index in [1.54, 1.807) is 6.20 Å². The van der Waals surface area contributed by atoms with Crippen molar-refractivity contribution in [1.29, 1.82) is 0 Å². The van der Waals surface area contributed by atoms with E-state index >= 15 is 0 Å². The Morgan fingerprint density at radius 3 is 2.86 bits per heavy atom. The third kappa shape index (κ3) is 4.15. The highest BCUT2D eigenvalue weighted by atomic mass is 15.3. The molecule has 5 nitrogen and oxygen atoms in total. The van der Waals surface area contributed by atoms with Crippen molar-refractivity contribution in [1.82, 2.24) is 14.8 Å². The molecule has 0 atom stereocenters. The molecule has 0 aromatic carbocycles. The molecule has 0 aliphatic rings. The predicted octanol–water partition coefficient (Wildman–Crippen LogP) is 3.53. The number of hydrogen-bond acceptors (Lipinski definition) is 4. The van der Waals surface area contributed by atoms with Gasteiger partial charge < -0.3 is 0 Å². The Kier molecular flexibility index (Phi) is 5.49. The minimum Gasteiger partial charge on any atom is -0.269 e. The quantitative estimate of drug-likeness (QED) is 0.481. The van der Waals surface area contributed by atoms with Crippen LogP contribution in [0.25, 0.3) is 0 Å². The molecule has 0 aliphatic carbocycles. The average Bonchev–Trinajstić information content (AvgIpc) is 2.76. The molecule has 0 bridgehead atoms. The molecule has 2 aromatic rings. The molecule has 0 fully saturated rings. The fraction of sp³-hybridized carbons (Fsp3) is 0.438. The van der Waals surface area contributed by atoms with E-state index in [2.05, 4.69) is 39.1 Å². The lowest BCUT2D eigenvalue weighted by atomic mass is 10.2. The van der Waals surface area contributed by atoms with Gasteiger partial charge in [0.25, 0.3) is 0 Å². The Morgan fingerprint density at radius 1 is 1.29 bits per heavy atom. The summed E-state index contributed by atoms with van der Waals surface area (Å²) in [5, 5.41) is 8.84. The normalized spacial score (nSPS) is 11.2. The maximum absolute atomic E-state index is 4.59. The number of aryl methyl sites for hydroxylation is 2. The number of pyridine rings is 1. The Morgan fingerprint density at radius 2 is 2.14 bits per heavy atom. The molecule has 1 N–H and O–H groups in total. The summed E-state index contributed by atoms with van der Waals surface area (Å²) in [7, 11) is 0. The smallest absolute Gasteiger partial charge is 0.146 e. The molecule has 0 amide bonds. The minimum absolute atomic E-state index is 0.736. The summed E-state index contributed by atoms with van der Waals surface area (Å²) in [4.78, 5) is 4.16. The summed E-state index contributed by atoms with van der Waals surface area (Å²) >= 11 is 0. The molecule has 21 heavy (non-hydrogen) atoms. The standard InChI is InChI=1S/C16H23N5/c1-4-5-8-11-21-14(3)15(13(2)20-21)12-18-19-16-9-6-7-10-17-16/h6-7,9-10,12H,4-5,8,11H2,1-3H3,(H,17,19)/b18-12+. The van der Waals surface area contributed by atoms with Gasteiger partial charge >= 0.3 is 0 Å². The second-order valence-electron chi connectivity index (χ2n) is 5.10. The largest absolute Gasteiger partial charge is 0.269 e. The van der Waals surface area contributed by atoms with Gasteiger partial charge in [-0.15, -0.1) is 0 Å². The van der Waals surface area contributed by atoms with Crippen molar-refractivity contribution >= 4 is 12.0 Å². The van der Waals surface area contributed by atoms with Crippen LogP contribution in [0.4, 0.5) is 5.82 Å². The Bertz CT molecular complexity index is 586. The van der Waals surface area contributed by atoms with Gasteiger partial charge in [0.05, 0.1) is 11.9 Å². The number of aromatic nitrogens is 3. The lowest BCUT2D eigenvalue weighted by molar-refractivity contribution is 0.540. The summed E-state index contributed by atoms with van der Waals surface area (Å²) in [6.45, 7) is 7.30. The molecular weight excluding hydrogens is 262 g/mol. The molecule has 112 valence electrons. The summed E-state index contributed by atoms with van der Waals surface area (Å²) in [6.07, 6.45) is 7.19.